The molecule has 1 saturated heterocycles. The Morgan fingerprint density at radius 3 is 2.94 bits per heavy atom. The Kier molecular flexibility index (Phi) is 3.76. The van der Waals surface area contributed by atoms with Crippen LogP contribution in [0.25, 0.3) is 11.0 Å². The Bertz CT molecular complexity index is 1320. The molecule has 2 atom stereocenters. The van der Waals surface area contributed by atoms with Gasteiger partial charge in [0.1, 0.15) is 24.0 Å². The first-order valence-corrected chi connectivity index (χ1v) is 11.4. The van der Waals surface area contributed by atoms with Crippen LogP contribution >= 0.6 is 0 Å². The van der Waals surface area contributed by atoms with Gasteiger partial charge in [-0.2, -0.15) is 5.10 Å². The van der Waals surface area contributed by atoms with Gasteiger partial charge in [0.2, 0.25) is 17.7 Å². The van der Waals surface area contributed by atoms with Crippen molar-refractivity contribution in [1.82, 2.24) is 20.1 Å². The summed E-state index contributed by atoms with van der Waals surface area (Å²) in [5.74, 6) is 0.406. The van der Waals surface area contributed by atoms with Gasteiger partial charge < -0.3 is 14.5 Å². The van der Waals surface area contributed by atoms with E-state index in [0.29, 0.717) is 47.4 Å². The zero-order chi connectivity index (χ0) is 22.3. The highest BCUT2D eigenvalue weighted by Gasteiger charge is 2.61. The quantitative estimate of drug-likeness (QED) is 0.664. The van der Waals surface area contributed by atoms with E-state index in [1.54, 1.807) is 24.4 Å². The number of piperidine rings is 1. The first-order chi connectivity index (χ1) is 16.0. The second-order valence-corrected chi connectivity index (χ2v) is 9.65. The van der Waals surface area contributed by atoms with Gasteiger partial charge in [0, 0.05) is 37.1 Å². The summed E-state index contributed by atoms with van der Waals surface area (Å²) in [5, 5.41) is 6.81. The Morgan fingerprint density at radius 2 is 2.15 bits per heavy atom. The molecule has 8 nitrogen and oxygen atoms in total. The fraction of sp³-hybridized carbons (Fsp3) is 0.417. The molecule has 3 fully saturated rings. The fourth-order valence-corrected chi connectivity index (χ4v) is 6.00. The Morgan fingerprint density at radius 1 is 1.27 bits per heavy atom. The maximum atomic E-state index is 15.0. The van der Waals surface area contributed by atoms with Crippen LogP contribution in [-0.2, 0) is 15.0 Å². The average molecular weight is 447 g/mol. The van der Waals surface area contributed by atoms with Gasteiger partial charge in [0.25, 0.3) is 0 Å². The number of pyridine rings is 1. The molecule has 33 heavy (non-hydrogen) atoms. The minimum absolute atomic E-state index is 0.0372. The smallest absolute Gasteiger partial charge is 0.242 e. The van der Waals surface area contributed by atoms with Crippen LogP contribution in [0.5, 0.6) is 5.88 Å². The molecule has 2 aromatic heterocycles. The first kappa shape index (κ1) is 19.0. The largest absolute Gasteiger partial charge is 0.474 e. The third-order valence-electron chi connectivity index (χ3n) is 7.77. The summed E-state index contributed by atoms with van der Waals surface area (Å²) in [5.41, 5.74) is 1.42. The fourth-order valence-electron chi connectivity index (χ4n) is 6.00. The second-order valence-electron chi connectivity index (χ2n) is 9.65. The second kappa shape index (κ2) is 6.52. The maximum absolute atomic E-state index is 15.0. The molecule has 2 aliphatic heterocycles. The number of anilines is 1. The molecular weight excluding hydrogens is 425 g/mol. The van der Waals surface area contributed by atoms with Crippen molar-refractivity contribution in [3.63, 3.8) is 0 Å². The summed E-state index contributed by atoms with van der Waals surface area (Å²) in [6, 6.07) is 8.65. The lowest BCUT2D eigenvalue weighted by atomic mass is 9.63. The summed E-state index contributed by atoms with van der Waals surface area (Å²) >= 11 is 0. The number of aromatic amines is 1. The number of benzene rings is 1. The molecule has 2 unspecified atom stereocenters. The van der Waals surface area contributed by atoms with E-state index in [1.807, 2.05) is 11.0 Å². The summed E-state index contributed by atoms with van der Waals surface area (Å²) in [6.45, 7) is 0.714. The molecule has 7 rings (SSSR count). The van der Waals surface area contributed by atoms with E-state index in [0.717, 1.165) is 24.9 Å². The summed E-state index contributed by atoms with van der Waals surface area (Å²) < 4.78 is 21.0. The third kappa shape index (κ3) is 2.68. The molecule has 9 heteroatoms. The average Bonchev–Trinajstić information content (AvgIpc) is 3.11. The molecule has 0 radical (unpaired) electrons. The molecule has 1 spiro atoms. The molecule has 1 aromatic carbocycles. The number of H-pyrrole nitrogens is 1. The predicted molar refractivity (Wildman–Crippen MR) is 116 cm³/mol. The van der Waals surface area contributed by atoms with Crippen molar-refractivity contribution in [3.8, 4) is 5.88 Å². The molecule has 4 heterocycles. The van der Waals surface area contributed by atoms with Crippen molar-refractivity contribution in [2.75, 3.05) is 18.0 Å². The topological polar surface area (TPSA) is 91.4 Å². The predicted octanol–water partition coefficient (Wildman–Crippen LogP) is 2.54. The van der Waals surface area contributed by atoms with Crippen molar-refractivity contribution in [3.05, 3.63) is 47.9 Å². The number of amides is 2. The number of ether oxygens (including phenoxy) is 1. The van der Waals surface area contributed by atoms with E-state index in [2.05, 4.69) is 15.2 Å². The van der Waals surface area contributed by atoms with Gasteiger partial charge in [-0.3, -0.25) is 14.7 Å². The Labute approximate surface area is 188 Å². The summed E-state index contributed by atoms with van der Waals surface area (Å²) in [6.07, 6.45) is 4.16. The number of aromatic nitrogens is 3. The van der Waals surface area contributed by atoms with Gasteiger partial charge in [-0.25, -0.2) is 9.37 Å². The van der Waals surface area contributed by atoms with Crippen molar-refractivity contribution in [1.29, 1.82) is 0 Å². The van der Waals surface area contributed by atoms with Crippen molar-refractivity contribution < 1.29 is 18.7 Å². The number of nitrogens with one attached hydrogen (secondary N) is 1. The van der Waals surface area contributed by atoms with E-state index in [4.69, 9.17) is 4.74 Å². The van der Waals surface area contributed by atoms with Crippen LogP contribution in [0.2, 0.25) is 0 Å². The first-order valence-electron chi connectivity index (χ1n) is 11.4. The number of hydrogen-bond donors (Lipinski definition) is 1. The number of carbonyl (C=O) groups is 2. The zero-order valence-electron chi connectivity index (χ0n) is 17.8. The van der Waals surface area contributed by atoms with E-state index in [1.165, 1.54) is 11.0 Å². The highest BCUT2D eigenvalue weighted by Crippen LogP contribution is 2.55. The number of rotatable bonds is 4. The molecule has 2 aliphatic carbocycles. The van der Waals surface area contributed by atoms with Crippen molar-refractivity contribution >= 4 is 28.5 Å². The molecule has 168 valence electrons. The van der Waals surface area contributed by atoms with E-state index >= 15 is 4.39 Å². The lowest BCUT2D eigenvalue weighted by Crippen LogP contribution is -2.55. The van der Waals surface area contributed by atoms with Crippen molar-refractivity contribution in [2.45, 2.75) is 43.2 Å². The van der Waals surface area contributed by atoms with E-state index < -0.39 is 11.2 Å². The van der Waals surface area contributed by atoms with Crippen LogP contribution in [-0.4, -0.2) is 57.1 Å². The van der Waals surface area contributed by atoms with Gasteiger partial charge in [0.05, 0.1) is 22.8 Å². The molecular formula is C24H22FN5O3. The van der Waals surface area contributed by atoms with Gasteiger partial charge in [-0.1, -0.05) is 6.07 Å². The lowest BCUT2D eigenvalue weighted by molar-refractivity contribution is -0.134. The van der Waals surface area contributed by atoms with Gasteiger partial charge in [-0.15, -0.1) is 0 Å². The molecule has 2 saturated carbocycles. The zero-order valence-corrected chi connectivity index (χ0v) is 17.8. The molecule has 0 bridgehead atoms. The highest BCUT2D eigenvalue weighted by atomic mass is 19.1. The van der Waals surface area contributed by atoms with Crippen LogP contribution < -0.4 is 9.64 Å². The maximum Gasteiger partial charge on any atom is 0.242 e. The minimum Gasteiger partial charge on any atom is -0.474 e. The van der Waals surface area contributed by atoms with Crippen molar-refractivity contribution in [2.24, 2.45) is 5.92 Å². The number of nitrogens with zero attached hydrogens (tertiary/aromatic N) is 4. The molecule has 4 aliphatic rings. The Hall–Kier alpha value is -3.49. The monoisotopic (exact) mass is 447 g/mol. The van der Waals surface area contributed by atoms with E-state index in [9.17, 15) is 9.59 Å². The van der Waals surface area contributed by atoms with Gasteiger partial charge in [0.15, 0.2) is 0 Å². The van der Waals surface area contributed by atoms with E-state index in [-0.39, 0.29) is 24.5 Å². The number of hydrogen-bond acceptors (Lipinski definition) is 5. The summed E-state index contributed by atoms with van der Waals surface area (Å²) in [4.78, 5) is 34.4. The molecule has 3 aromatic rings. The van der Waals surface area contributed by atoms with Crippen LogP contribution in [0.3, 0.4) is 0 Å². The van der Waals surface area contributed by atoms with Gasteiger partial charge >= 0.3 is 0 Å². The lowest BCUT2D eigenvalue weighted by Gasteiger charge is -2.43. The molecule has 1 N–H and O–H groups in total. The third-order valence-corrected chi connectivity index (χ3v) is 7.77. The van der Waals surface area contributed by atoms with Crippen LogP contribution in [0.15, 0.2) is 36.5 Å². The SMILES string of the molecule is O=C(CN1C(=O)C2(CC(Oc3ccc4[nH]ncc4n3)C2)c2c(F)cccc21)N1CCC2CC21. The Balaban J connectivity index is 1.13. The van der Waals surface area contributed by atoms with Crippen LogP contribution in [0, 0.1) is 11.7 Å². The standard InChI is InChI=1S/C24H22FN5O3/c25-15-2-1-3-18-22(15)24(23(32)30(18)12-21(31)29-7-6-13-8-19(13)29)9-14(10-24)33-20-5-4-16-17(27-20)11-26-28-16/h1-5,11,13-14,19H,6-10,12H2,(H,26,28). The number of carbonyl (C=O) groups excluding carboxylic acids is 2. The normalized spacial score (nSPS) is 29.4. The van der Waals surface area contributed by atoms with Crippen LogP contribution in [0.4, 0.5) is 10.1 Å². The van der Waals surface area contributed by atoms with Gasteiger partial charge in [-0.05, 0) is 37.0 Å². The summed E-state index contributed by atoms with van der Waals surface area (Å²) in [7, 11) is 0. The molecule has 2 amide bonds. The number of fused-ring (bicyclic) bond motifs is 4. The van der Waals surface area contributed by atoms with Crippen LogP contribution in [0.1, 0.15) is 31.2 Å². The minimum atomic E-state index is -0.988. The highest BCUT2D eigenvalue weighted by molar-refractivity contribution is 6.11. The number of halogens is 1. The number of likely N-dealkylation sites (tertiary alicyclic amines) is 1.